The molecule has 4 fully saturated rings. The van der Waals surface area contributed by atoms with Crippen LogP contribution in [0, 0.1) is 17.8 Å². The van der Waals surface area contributed by atoms with Gasteiger partial charge in [-0.15, -0.1) is 0 Å². The minimum atomic E-state index is -4.57. The van der Waals surface area contributed by atoms with Crippen LogP contribution >= 0.6 is 0 Å². The molecule has 2 saturated carbocycles. The number of halogens is 3. The second-order valence-electron chi connectivity index (χ2n) is 15.4. The number of piperazine rings is 1. The third-order valence-electron chi connectivity index (χ3n) is 12.3. The molecule has 3 heterocycles. The van der Waals surface area contributed by atoms with Gasteiger partial charge in [0.15, 0.2) is 0 Å². The molecule has 1 aromatic heterocycles. The number of benzene rings is 2. The standard InChI is InChI=1S/C41H50F3N3O4/c42-41(43,44)38-6-2-7-39(45-38)51-37-25-31(48)26-50-40(37)28-8-12-30(13-9-28)47-21-19-46(20-22-47)18-3-23-49-32-14-17-34-29(24-32)11-16-35-33-5-1-4-27(33)10-15-36(34)35/h2,6-9,12-14,17,24,27,31,33,35-37,40,48H,1,3-5,10-11,15-16,18-23,25-26H2/t27?,31-,33-,35?,36-,37-,40+/m1/s1. The molecule has 0 bridgehead atoms. The van der Waals surface area contributed by atoms with E-state index in [-0.39, 0.29) is 18.9 Å². The molecule has 1 N–H and O–H groups in total. The number of aromatic nitrogens is 1. The lowest BCUT2D eigenvalue weighted by molar-refractivity contribution is -0.142. The number of aryl methyl sites for hydroxylation is 1. The summed E-state index contributed by atoms with van der Waals surface area (Å²) in [6.07, 6.45) is 4.41. The van der Waals surface area contributed by atoms with E-state index in [1.165, 1.54) is 62.6 Å². The van der Waals surface area contributed by atoms with Crippen LogP contribution in [0.5, 0.6) is 11.6 Å². The van der Waals surface area contributed by atoms with E-state index >= 15 is 0 Å². The third-order valence-corrected chi connectivity index (χ3v) is 12.3. The van der Waals surface area contributed by atoms with Crippen LogP contribution in [0.25, 0.3) is 0 Å². The van der Waals surface area contributed by atoms with E-state index < -0.39 is 30.2 Å². The summed E-state index contributed by atoms with van der Waals surface area (Å²) in [7, 11) is 0. The molecule has 10 heteroatoms. The highest BCUT2D eigenvalue weighted by atomic mass is 19.4. The molecule has 51 heavy (non-hydrogen) atoms. The normalized spacial score (nSPS) is 29.6. The maximum Gasteiger partial charge on any atom is 0.433 e. The minimum Gasteiger partial charge on any atom is -0.494 e. The van der Waals surface area contributed by atoms with Gasteiger partial charge in [0.05, 0.1) is 19.3 Å². The van der Waals surface area contributed by atoms with Gasteiger partial charge in [0, 0.05) is 50.9 Å². The summed E-state index contributed by atoms with van der Waals surface area (Å²) >= 11 is 0. The van der Waals surface area contributed by atoms with Crippen LogP contribution in [0.15, 0.2) is 60.7 Å². The van der Waals surface area contributed by atoms with Crippen molar-refractivity contribution in [1.29, 1.82) is 0 Å². The Bertz CT molecular complexity index is 1630. The maximum absolute atomic E-state index is 13.2. The number of anilines is 1. The van der Waals surface area contributed by atoms with Gasteiger partial charge in [0.2, 0.25) is 5.88 Å². The van der Waals surface area contributed by atoms with Gasteiger partial charge in [0.1, 0.15) is 23.7 Å². The quantitative estimate of drug-likeness (QED) is 0.228. The largest absolute Gasteiger partial charge is 0.494 e. The summed E-state index contributed by atoms with van der Waals surface area (Å²) in [5, 5.41) is 10.2. The molecule has 8 rings (SSSR count). The zero-order chi connectivity index (χ0) is 35.0. The van der Waals surface area contributed by atoms with Crippen LogP contribution in [0.3, 0.4) is 0 Å². The zero-order valence-corrected chi connectivity index (χ0v) is 29.3. The van der Waals surface area contributed by atoms with Crippen molar-refractivity contribution in [2.75, 3.05) is 50.8 Å². The number of hydrogen-bond acceptors (Lipinski definition) is 7. The summed E-state index contributed by atoms with van der Waals surface area (Å²) in [5.41, 5.74) is 4.09. The van der Waals surface area contributed by atoms with Crippen molar-refractivity contribution in [3.63, 3.8) is 0 Å². The van der Waals surface area contributed by atoms with E-state index in [1.54, 1.807) is 5.56 Å². The van der Waals surface area contributed by atoms with Crippen LogP contribution in [0.2, 0.25) is 0 Å². The minimum absolute atomic E-state index is 0.129. The predicted octanol–water partition coefficient (Wildman–Crippen LogP) is 7.82. The monoisotopic (exact) mass is 705 g/mol. The number of rotatable bonds is 9. The molecule has 2 aromatic carbocycles. The Kier molecular flexibility index (Phi) is 10.2. The Morgan fingerprint density at radius 2 is 1.75 bits per heavy atom. The van der Waals surface area contributed by atoms with Crippen molar-refractivity contribution in [2.45, 2.75) is 88.2 Å². The second kappa shape index (κ2) is 15.0. The number of aliphatic hydroxyl groups excluding tert-OH is 1. The first-order valence-electron chi connectivity index (χ1n) is 19.1. The maximum atomic E-state index is 13.2. The lowest BCUT2D eigenvalue weighted by atomic mass is 9.61. The van der Waals surface area contributed by atoms with Crippen molar-refractivity contribution >= 4 is 5.69 Å². The van der Waals surface area contributed by atoms with Crippen molar-refractivity contribution < 1.29 is 32.5 Å². The van der Waals surface area contributed by atoms with Crippen molar-refractivity contribution in [2.24, 2.45) is 17.8 Å². The van der Waals surface area contributed by atoms with Gasteiger partial charge in [-0.05, 0) is 109 Å². The lowest BCUT2D eigenvalue weighted by Crippen LogP contribution is -2.46. The first kappa shape index (κ1) is 34.7. The molecule has 2 unspecified atom stereocenters. The van der Waals surface area contributed by atoms with E-state index in [4.69, 9.17) is 14.2 Å². The van der Waals surface area contributed by atoms with Crippen LogP contribution < -0.4 is 14.4 Å². The van der Waals surface area contributed by atoms with Gasteiger partial charge in [-0.1, -0.05) is 37.1 Å². The fraction of sp³-hybridized carbons (Fsp3) is 0.585. The van der Waals surface area contributed by atoms with Crippen LogP contribution in [-0.2, 0) is 17.3 Å². The van der Waals surface area contributed by atoms with Crippen LogP contribution in [-0.4, -0.2) is 73.1 Å². The van der Waals surface area contributed by atoms with E-state index in [2.05, 4.69) is 45.1 Å². The zero-order valence-electron chi connectivity index (χ0n) is 29.3. The van der Waals surface area contributed by atoms with Gasteiger partial charge in [0.25, 0.3) is 0 Å². The number of hydrogen-bond donors (Lipinski definition) is 1. The smallest absolute Gasteiger partial charge is 0.433 e. The molecule has 0 spiro atoms. The summed E-state index contributed by atoms with van der Waals surface area (Å²) in [4.78, 5) is 8.52. The Labute approximate surface area is 299 Å². The molecule has 0 radical (unpaired) electrons. The van der Waals surface area contributed by atoms with Gasteiger partial charge in [-0.2, -0.15) is 13.2 Å². The average Bonchev–Trinajstić information content (AvgIpc) is 3.63. The Hall–Kier alpha value is -3.34. The highest BCUT2D eigenvalue weighted by Gasteiger charge is 2.44. The molecule has 5 aliphatic rings. The fourth-order valence-electron chi connectivity index (χ4n) is 9.85. The third kappa shape index (κ3) is 7.74. The number of pyridine rings is 1. The average molecular weight is 706 g/mol. The molecule has 274 valence electrons. The summed E-state index contributed by atoms with van der Waals surface area (Å²) in [6.45, 7) is 5.68. The van der Waals surface area contributed by atoms with Gasteiger partial charge < -0.3 is 24.2 Å². The Balaban J connectivity index is 0.792. The summed E-state index contributed by atoms with van der Waals surface area (Å²) in [5.74, 6) is 4.54. The highest BCUT2D eigenvalue weighted by Crippen LogP contribution is 2.55. The highest BCUT2D eigenvalue weighted by molar-refractivity contribution is 5.48. The molecule has 3 aliphatic carbocycles. The number of ether oxygens (including phenoxy) is 3. The Morgan fingerprint density at radius 1 is 0.902 bits per heavy atom. The van der Waals surface area contributed by atoms with Crippen molar-refractivity contribution in [1.82, 2.24) is 9.88 Å². The molecule has 7 nitrogen and oxygen atoms in total. The first-order valence-corrected chi connectivity index (χ1v) is 19.1. The molecule has 3 aromatic rings. The van der Waals surface area contributed by atoms with Crippen molar-refractivity contribution in [3.05, 3.63) is 83.0 Å². The number of fused-ring (bicyclic) bond motifs is 5. The number of alkyl halides is 3. The van der Waals surface area contributed by atoms with Crippen LogP contribution in [0.1, 0.15) is 85.8 Å². The second-order valence-corrected chi connectivity index (χ2v) is 15.4. The fourth-order valence-corrected chi connectivity index (χ4v) is 9.85. The molecule has 2 aliphatic heterocycles. The number of aliphatic hydroxyl groups is 1. The van der Waals surface area contributed by atoms with E-state index in [1.807, 2.05) is 12.1 Å². The SMILES string of the molecule is O[C@H]1CO[C@@H](c2ccc(N3CCN(CCCOc4ccc5c(c4)CCC4[C@@H]6CCCC6CC[C@H]54)CC3)cc2)[C@H](Oc2cccc(C(F)(F)F)n2)C1. The van der Waals surface area contributed by atoms with Gasteiger partial charge in [-0.25, -0.2) is 4.98 Å². The molecule has 7 atom stereocenters. The Morgan fingerprint density at radius 3 is 2.57 bits per heavy atom. The van der Waals surface area contributed by atoms with Gasteiger partial charge >= 0.3 is 6.18 Å². The predicted molar refractivity (Wildman–Crippen MR) is 189 cm³/mol. The lowest BCUT2D eigenvalue weighted by Gasteiger charge is -2.44. The van der Waals surface area contributed by atoms with Gasteiger partial charge in [-0.3, -0.25) is 4.90 Å². The topological polar surface area (TPSA) is 67.3 Å². The van der Waals surface area contributed by atoms with E-state index in [9.17, 15) is 18.3 Å². The van der Waals surface area contributed by atoms with Crippen LogP contribution in [0.4, 0.5) is 18.9 Å². The molecule has 2 saturated heterocycles. The number of nitrogens with zero attached hydrogens (tertiary/aromatic N) is 3. The first-order chi connectivity index (χ1) is 24.8. The molecular formula is C41H50F3N3O4. The van der Waals surface area contributed by atoms with E-state index in [0.717, 1.165) is 92.5 Å². The van der Waals surface area contributed by atoms with E-state index in [0.29, 0.717) is 0 Å². The molecule has 0 amide bonds. The molecular weight excluding hydrogens is 655 g/mol. The van der Waals surface area contributed by atoms with Crippen molar-refractivity contribution in [3.8, 4) is 11.6 Å². The summed E-state index contributed by atoms with van der Waals surface area (Å²) < 4.78 is 57.7. The summed E-state index contributed by atoms with van der Waals surface area (Å²) in [6, 6.07) is 18.6.